The van der Waals surface area contributed by atoms with Crippen LogP contribution in [0.4, 0.5) is 0 Å². The van der Waals surface area contributed by atoms with Gasteiger partial charge in [0.05, 0.1) is 13.2 Å². The molecule has 0 aliphatic carbocycles. The summed E-state index contributed by atoms with van der Waals surface area (Å²) in [5.41, 5.74) is 0.309. The predicted molar refractivity (Wildman–Crippen MR) is 72.0 cm³/mol. The number of hydrogen-bond acceptors (Lipinski definition) is 4. The molecule has 1 rings (SSSR count). The van der Waals surface area contributed by atoms with Crippen molar-refractivity contribution >= 4 is 11.9 Å². The van der Waals surface area contributed by atoms with E-state index in [0.29, 0.717) is 12.0 Å². The minimum atomic E-state index is -1.42. The molecule has 1 unspecified atom stereocenters. The molecule has 0 aromatic heterocycles. The number of carbonyl (C=O) groups is 2. The highest BCUT2D eigenvalue weighted by Crippen LogP contribution is 2.10. The largest absolute Gasteiger partial charge is 0.480 e. The van der Waals surface area contributed by atoms with Gasteiger partial charge in [-0.05, 0) is 18.6 Å². The van der Waals surface area contributed by atoms with Crippen LogP contribution < -0.4 is 0 Å². The Morgan fingerprint density at radius 2 is 1.95 bits per heavy atom. The average molecular weight is 281 g/mol. The molecule has 0 heterocycles. The van der Waals surface area contributed by atoms with E-state index in [1.807, 2.05) is 6.92 Å². The van der Waals surface area contributed by atoms with Gasteiger partial charge >= 0.3 is 5.97 Å². The molecule has 1 amide bonds. The van der Waals surface area contributed by atoms with Crippen molar-refractivity contribution in [3.8, 4) is 0 Å². The van der Waals surface area contributed by atoms with Crippen molar-refractivity contribution in [2.75, 3.05) is 13.2 Å². The van der Waals surface area contributed by atoms with E-state index in [0.717, 1.165) is 11.5 Å². The summed E-state index contributed by atoms with van der Waals surface area (Å²) in [5, 5.41) is 19.0. The smallest absolute Gasteiger partial charge is 0.331 e. The quantitative estimate of drug-likeness (QED) is 0.554. The number of amides is 1. The Balaban J connectivity index is 2.91. The molecule has 20 heavy (non-hydrogen) atoms. The highest BCUT2D eigenvalue weighted by atomic mass is 16.7. The van der Waals surface area contributed by atoms with E-state index < -0.39 is 24.5 Å². The summed E-state index contributed by atoms with van der Waals surface area (Å²) in [7, 11) is 0. The van der Waals surface area contributed by atoms with Crippen LogP contribution in [-0.2, 0) is 9.63 Å². The lowest BCUT2D eigenvalue weighted by atomic mass is 10.2. The van der Waals surface area contributed by atoms with Gasteiger partial charge in [0.1, 0.15) is 0 Å². The highest BCUT2D eigenvalue weighted by molar-refractivity contribution is 5.95. The van der Waals surface area contributed by atoms with Gasteiger partial charge in [0, 0.05) is 5.56 Å². The Morgan fingerprint density at radius 1 is 1.30 bits per heavy atom. The lowest BCUT2D eigenvalue weighted by Gasteiger charge is -2.26. The second kappa shape index (κ2) is 8.29. The van der Waals surface area contributed by atoms with Crippen molar-refractivity contribution in [3.63, 3.8) is 0 Å². The van der Waals surface area contributed by atoms with E-state index in [-0.39, 0.29) is 6.61 Å². The number of carboxylic acids is 1. The maximum absolute atomic E-state index is 12.3. The number of rotatable bonds is 8. The first-order valence-corrected chi connectivity index (χ1v) is 6.47. The van der Waals surface area contributed by atoms with Gasteiger partial charge in [-0.15, -0.1) is 0 Å². The van der Waals surface area contributed by atoms with Crippen molar-refractivity contribution < 1.29 is 24.6 Å². The second-order valence-corrected chi connectivity index (χ2v) is 4.22. The van der Waals surface area contributed by atoms with Gasteiger partial charge in [0.2, 0.25) is 0 Å². The molecule has 0 radical (unpaired) electrons. The lowest BCUT2D eigenvalue weighted by Crippen LogP contribution is -2.47. The number of nitrogens with zero attached hydrogens (tertiary/aromatic N) is 1. The van der Waals surface area contributed by atoms with Crippen LogP contribution in [0.15, 0.2) is 30.3 Å². The van der Waals surface area contributed by atoms with E-state index in [9.17, 15) is 9.59 Å². The van der Waals surface area contributed by atoms with Gasteiger partial charge in [0.15, 0.2) is 6.04 Å². The molecule has 6 nitrogen and oxygen atoms in total. The fourth-order valence-corrected chi connectivity index (χ4v) is 1.56. The van der Waals surface area contributed by atoms with E-state index in [1.165, 1.54) is 0 Å². The molecule has 0 aliphatic rings. The van der Waals surface area contributed by atoms with E-state index in [2.05, 4.69) is 0 Å². The van der Waals surface area contributed by atoms with Crippen LogP contribution >= 0.6 is 0 Å². The third-order valence-corrected chi connectivity index (χ3v) is 2.69. The van der Waals surface area contributed by atoms with Crippen LogP contribution in [0.3, 0.4) is 0 Å². The molecular weight excluding hydrogens is 262 g/mol. The number of aliphatic hydroxyl groups is 1. The molecule has 0 spiro atoms. The molecule has 1 atom stereocenters. The fraction of sp³-hybridized carbons (Fsp3) is 0.429. The van der Waals surface area contributed by atoms with E-state index in [4.69, 9.17) is 15.1 Å². The number of hydrogen-bond donors (Lipinski definition) is 2. The highest BCUT2D eigenvalue weighted by Gasteiger charge is 2.31. The summed E-state index contributed by atoms with van der Waals surface area (Å²) in [6.45, 7) is 1.46. The van der Waals surface area contributed by atoms with Crippen LogP contribution in [0.2, 0.25) is 0 Å². The summed E-state index contributed by atoms with van der Waals surface area (Å²) >= 11 is 0. The summed E-state index contributed by atoms with van der Waals surface area (Å²) in [6, 6.07) is 6.81. The average Bonchev–Trinajstić information content (AvgIpc) is 2.46. The van der Waals surface area contributed by atoms with Crippen LogP contribution in [0.5, 0.6) is 0 Å². The number of carboxylic acid groups (broad SMARTS) is 1. The summed E-state index contributed by atoms with van der Waals surface area (Å²) in [5.74, 6) is -1.89. The lowest BCUT2D eigenvalue weighted by molar-refractivity contribution is -0.180. The third kappa shape index (κ3) is 4.32. The van der Waals surface area contributed by atoms with Crippen LogP contribution in [0.1, 0.15) is 30.1 Å². The molecule has 6 heteroatoms. The summed E-state index contributed by atoms with van der Waals surface area (Å²) in [4.78, 5) is 28.6. The van der Waals surface area contributed by atoms with Crippen LogP contribution in [-0.4, -0.2) is 46.4 Å². The third-order valence-electron chi connectivity index (χ3n) is 2.69. The molecule has 110 valence electrons. The Labute approximate surface area is 117 Å². The van der Waals surface area contributed by atoms with Crippen molar-refractivity contribution in [2.24, 2.45) is 0 Å². The van der Waals surface area contributed by atoms with Gasteiger partial charge in [-0.1, -0.05) is 31.5 Å². The molecule has 0 saturated heterocycles. The number of unbranched alkanes of at least 4 members (excludes halogenated alkanes) is 1. The number of hydroxylamine groups is 2. The molecule has 0 aliphatic heterocycles. The number of aliphatic hydroxyl groups excluding tert-OH is 1. The Kier molecular flexibility index (Phi) is 6.69. The molecule has 0 fully saturated rings. The van der Waals surface area contributed by atoms with Crippen molar-refractivity contribution in [3.05, 3.63) is 35.9 Å². The van der Waals surface area contributed by atoms with Crippen LogP contribution in [0.25, 0.3) is 0 Å². The zero-order chi connectivity index (χ0) is 15.0. The molecule has 2 N–H and O–H groups in total. The molecule has 1 aromatic rings. The summed E-state index contributed by atoms with van der Waals surface area (Å²) in [6.07, 6.45) is 1.54. The first kappa shape index (κ1) is 16.1. The first-order valence-electron chi connectivity index (χ1n) is 6.47. The predicted octanol–water partition coefficient (Wildman–Crippen LogP) is 1.31. The van der Waals surface area contributed by atoms with Gasteiger partial charge < -0.3 is 10.2 Å². The minimum Gasteiger partial charge on any atom is -0.480 e. The van der Waals surface area contributed by atoms with Crippen molar-refractivity contribution in [1.29, 1.82) is 0 Å². The zero-order valence-corrected chi connectivity index (χ0v) is 11.4. The molecule has 1 aromatic carbocycles. The number of benzene rings is 1. The second-order valence-electron chi connectivity index (χ2n) is 4.22. The monoisotopic (exact) mass is 281 g/mol. The summed E-state index contributed by atoms with van der Waals surface area (Å²) < 4.78 is 0. The Bertz CT molecular complexity index is 434. The molecule has 0 saturated carbocycles. The molecule has 0 bridgehead atoms. The van der Waals surface area contributed by atoms with Gasteiger partial charge in [-0.2, -0.15) is 0 Å². The van der Waals surface area contributed by atoms with Crippen molar-refractivity contribution in [2.45, 2.75) is 25.8 Å². The zero-order valence-electron chi connectivity index (χ0n) is 11.4. The number of aliphatic carboxylic acids is 1. The van der Waals surface area contributed by atoms with Gasteiger partial charge in [-0.25, -0.2) is 9.86 Å². The first-order chi connectivity index (χ1) is 9.61. The Hall–Kier alpha value is -1.92. The van der Waals surface area contributed by atoms with Crippen LogP contribution in [0, 0.1) is 0 Å². The normalized spacial score (nSPS) is 11.9. The fourth-order valence-electron chi connectivity index (χ4n) is 1.56. The maximum atomic E-state index is 12.3. The Morgan fingerprint density at radius 3 is 2.45 bits per heavy atom. The standard InChI is InChI=1S/C14H19NO5/c1-2-3-9-20-15(12(10-16)14(18)19)13(17)11-7-5-4-6-8-11/h4-8,12,16H,2-3,9-10H2,1H3,(H,18,19). The number of carbonyl (C=O) groups excluding carboxylic acids is 1. The van der Waals surface area contributed by atoms with E-state index >= 15 is 0 Å². The minimum absolute atomic E-state index is 0.221. The van der Waals surface area contributed by atoms with Gasteiger partial charge in [-0.3, -0.25) is 9.63 Å². The van der Waals surface area contributed by atoms with Crippen molar-refractivity contribution in [1.82, 2.24) is 5.06 Å². The maximum Gasteiger partial charge on any atom is 0.331 e. The van der Waals surface area contributed by atoms with E-state index in [1.54, 1.807) is 30.3 Å². The molecular formula is C14H19NO5. The van der Waals surface area contributed by atoms with Gasteiger partial charge in [0.25, 0.3) is 5.91 Å². The topological polar surface area (TPSA) is 87.1 Å². The SMILES string of the molecule is CCCCON(C(=O)c1ccccc1)C(CO)C(=O)O.